The maximum atomic E-state index is 9.60. The van der Waals surface area contributed by atoms with Gasteiger partial charge in [0.2, 0.25) is 0 Å². The highest BCUT2D eigenvalue weighted by Gasteiger charge is 2.14. The molecule has 0 spiro atoms. The minimum Gasteiger partial charge on any atom is -0.508 e. The fourth-order valence-corrected chi connectivity index (χ4v) is 4.23. The summed E-state index contributed by atoms with van der Waals surface area (Å²) in [6.07, 6.45) is 0. The minimum atomic E-state index is 0.266. The van der Waals surface area contributed by atoms with Crippen molar-refractivity contribution in [3.05, 3.63) is 126 Å². The molecule has 172 valence electrons. The number of rotatable bonds is 5. The summed E-state index contributed by atoms with van der Waals surface area (Å²) in [4.78, 5) is 2.26. The number of aryl methyl sites for hydroxylation is 2. The van der Waals surface area contributed by atoms with Crippen LogP contribution in [0, 0.1) is 13.8 Å². The highest BCUT2D eigenvalue weighted by Crippen LogP contribution is 2.37. The molecular weight excluding hydrogens is 430 g/mol. The van der Waals surface area contributed by atoms with Crippen molar-refractivity contribution in [3.8, 4) is 33.8 Å². The van der Waals surface area contributed by atoms with Crippen LogP contribution in [-0.4, -0.2) is 10.2 Å². The lowest BCUT2D eigenvalue weighted by Crippen LogP contribution is -2.10. The van der Waals surface area contributed by atoms with E-state index in [1.165, 1.54) is 11.1 Å². The van der Waals surface area contributed by atoms with Gasteiger partial charge in [-0.25, -0.2) is 0 Å². The Hall–Kier alpha value is -4.50. The van der Waals surface area contributed by atoms with E-state index in [4.69, 9.17) is 0 Å². The van der Waals surface area contributed by atoms with Gasteiger partial charge in [-0.2, -0.15) is 0 Å². The summed E-state index contributed by atoms with van der Waals surface area (Å²) in [5.41, 5.74) is 10.0. The highest BCUT2D eigenvalue weighted by atomic mass is 16.3. The average Bonchev–Trinajstić information content (AvgIpc) is 2.88. The molecule has 0 heterocycles. The summed E-state index contributed by atoms with van der Waals surface area (Å²) in [6, 6.07) is 38.0. The molecule has 0 aliphatic heterocycles. The van der Waals surface area contributed by atoms with Crippen molar-refractivity contribution in [1.29, 1.82) is 0 Å². The molecule has 35 heavy (non-hydrogen) atoms. The third-order valence-corrected chi connectivity index (χ3v) is 6.40. The second-order valence-electron chi connectivity index (χ2n) is 8.79. The molecule has 0 atom stereocenters. The number of phenolic OH excluding ortho intramolecular Hbond substituents is 2. The molecule has 3 nitrogen and oxygen atoms in total. The summed E-state index contributed by atoms with van der Waals surface area (Å²) in [6.45, 7) is 4.27. The number of phenols is 2. The fraction of sp³-hybridized carbons (Fsp3) is 0.0625. The Kier molecular flexibility index (Phi) is 5.99. The first-order valence-electron chi connectivity index (χ1n) is 11.6. The molecule has 0 fully saturated rings. The first kappa shape index (κ1) is 22.3. The lowest BCUT2D eigenvalue weighted by Gasteiger charge is -2.26. The van der Waals surface area contributed by atoms with E-state index >= 15 is 0 Å². The summed E-state index contributed by atoms with van der Waals surface area (Å²) < 4.78 is 0. The van der Waals surface area contributed by atoms with E-state index in [0.717, 1.165) is 39.3 Å². The maximum Gasteiger partial charge on any atom is 0.115 e. The van der Waals surface area contributed by atoms with Gasteiger partial charge in [0.15, 0.2) is 0 Å². The molecular formula is C32H27NO2. The molecule has 0 radical (unpaired) electrons. The van der Waals surface area contributed by atoms with Gasteiger partial charge >= 0.3 is 0 Å². The molecule has 3 heteroatoms. The third kappa shape index (κ3) is 4.75. The maximum absolute atomic E-state index is 9.60. The normalized spacial score (nSPS) is 10.8. The summed E-state index contributed by atoms with van der Waals surface area (Å²) >= 11 is 0. The fourth-order valence-electron chi connectivity index (χ4n) is 4.23. The van der Waals surface area contributed by atoms with E-state index < -0.39 is 0 Å². The molecule has 5 aromatic carbocycles. The molecule has 0 unspecified atom stereocenters. The number of aromatic hydroxyl groups is 2. The predicted octanol–water partition coefficient (Wildman–Crippen LogP) is 8.52. The topological polar surface area (TPSA) is 43.7 Å². The minimum absolute atomic E-state index is 0.266. The molecule has 5 rings (SSSR count). The molecule has 0 amide bonds. The van der Waals surface area contributed by atoms with Gasteiger partial charge in [0.25, 0.3) is 0 Å². The molecule has 0 aliphatic rings. The van der Waals surface area contributed by atoms with E-state index in [1.54, 1.807) is 24.3 Å². The highest BCUT2D eigenvalue weighted by molar-refractivity contribution is 5.80. The molecule has 0 saturated carbocycles. The van der Waals surface area contributed by atoms with Crippen LogP contribution in [0.3, 0.4) is 0 Å². The van der Waals surface area contributed by atoms with Crippen molar-refractivity contribution < 1.29 is 10.2 Å². The van der Waals surface area contributed by atoms with Crippen LogP contribution in [0.4, 0.5) is 17.1 Å². The van der Waals surface area contributed by atoms with E-state index in [9.17, 15) is 10.2 Å². The van der Waals surface area contributed by atoms with Gasteiger partial charge in [-0.15, -0.1) is 0 Å². The van der Waals surface area contributed by atoms with Gasteiger partial charge in [-0.1, -0.05) is 54.6 Å². The predicted molar refractivity (Wildman–Crippen MR) is 145 cm³/mol. The molecule has 0 saturated heterocycles. The Morgan fingerprint density at radius 1 is 0.400 bits per heavy atom. The third-order valence-electron chi connectivity index (χ3n) is 6.40. The number of hydrogen-bond acceptors (Lipinski definition) is 3. The Balaban J connectivity index is 1.54. The molecule has 2 N–H and O–H groups in total. The molecule has 5 aromatic rings. The number of benzene rings is 5. The SMILES string of the molecule is Cc1ccc(N(c2ccc(-c3ccc(O)cc3)cc2)c2ccc(-c3ccc(O)cc3)cc2)cc1C. The van der Waals surface area contributed by atoms with Gasteiger partial charge in [-0.3, -0.25) is 0 Å². The van der Waals surface area contributed by atoms with Crippen LogP contribution in [-0.2, 0) is 0 Å². The number of nitrogens with zero attached hydrogens (tertiary/aromatic N) is 1. The molecule has 0 aliphatic carbocycles. The Bertz CT molecular complexity index is 1350. The van der Waals surface area contributed by atoms with Gasteiger partial charge in [0.05, 0.1) is 0 Å². The quantitative estimate of drug-likeness (QED) is 0.278. The van der Waals surface area contributed by atoms with Gasteiger partial charge < -0.3 is 15.1 Å². The van der Waals surface area contributed by atoms with Crippen LogP contribution in [0.2, 0.25) is 0 Å². The van der Waals surface area contributed by atoms with Crippen LogP contribution in [0.5, 0.6) is 11.5 Å². The van der Waals surface area contributed by atoms with Crippen molar-refractivity contribution in [2.45, 2.75) is 13.8 Å². The van der Waals surface area contributed by atoms with E-state index in [2.05, 4.69) is 85.5 Å². The van der Waals surface area contributed by atoms with Crippen molar-refractivity contribution in [3.63, 3.8) is 0 Å². The number of hydrogen-bond donors (Lipinski definition) is 2. The van der Waals surface area contributed by atoms with E-state index in [0.29, 0.717) is 0 Å². The van der Waals surface area contributed by atoms with E-state index in [-0.39, 0.29) is 11.5 Å². The lowest BCUT2D eigenvalue weighted by molar-refractivity contribution is 0.475. The first-order valence-corrected chi connectivity index (χ1v) is 11.6. The van der Waals surface area contributed by atoms with Gasteiger partial charge in [0, 0.05) is 17.1 Å². The zero-order valence-electron chi connectivity index (χ0n) is 19.8. The molecule has 0 aromatic heterocycles. The Morgan fingerprint density at radius 3 is 1.11 bits per heavy atom. The van der Waals surface area contributed by atoms with Crippen molar-refractivity contribution in [1.82, 2.24) is 0 Å². The second kappa shape index (κ2) is 9.40. The van der Waals surface area contributed by atoms with E-state index in [1.807, 2.05) is 24.3 Å². The lowest BCUT2D eigenvalue weighted by atomic mass is 10.0. The van der Waals surface area contributed by atoms with Crippen LogP contribution in [0.15, 0.2) is 115 Å². The van der Waals surface area contributed by atoms with Crippen LogP contribution in [0.25, 0.3) is 22.3 Å². The Labute approximate surface area is 206 Å². The smallest absolute Gasteiger partial charge is 0.115 e. The standard InChI is InChI=1S/C32H27NO2/c1-22-3-12-30(21-23(22)2)33(28-13-4-24(5-14-28)26-8-17-31(34)18-9-26)29-15-6-25(7-16-29)27-10-19-32(35)20-11-27/h3-21,34-35H,1-2H3. The monoisotopic (exact) mass is 457 g/mol. The molecule has 0 bridgehead atoms. The zero-order chi connectivity index (χ0) is 24.4. The summed E-state index contributed by atoms with van der Waals surface area (Å²) in [5, 5.41) is 19.2. The van der Waals surface area contributed by atoms with Crippen molar-refractivity contribution in [2.75, 3.05) is 4.90 Å². The van der Waals surface area contributed by atoms with Gasteiger partial charge in [-0.05, 0) is 108 Å². The number of anilines is 3. The summed E-state index contributed by atoms with van der Waals surface area (Å²) in [7, 11) is 0. The van der Waals surface area contributed by atoms with Crippen molar-refractivity contribution in [2.24, 2.45) is 0 Å². The Morgan fingerprint density at radius 2 is 0.743 bits per heavy atom. The first-order chi connectivity index (χ1) is 17.0. The largest absolute Gasteiger partial charge is 0.508 e. The summed E-state index contributed by atoms with van der Waals surface area (Å²) in [5.74, 6) is 0.532. The van der Waals surface area contributed by atoms with Gasteiger partial charge in [0.1, 0.15) is 11.5 Å². The second-order valence-corrected chi connectivity index (χ2v) is 8.79. The van der Waals surface area contributed by atoms with Crippen molar-refractivity contribution >= 4 is 17.1 Å². The van der Waals surface area contributed by atoms with Crippen LogP contribution >= 0.6 is 0 Å². The zero-order valence-corrected chi connectivity index (χ0v) is 19.8. The van der Waals surface area contributed by atoms with Crippen LogP contribution in [0.1, 0.15) is 11.1 Å². The van der Waals surface area contributed by atoms with Crippen LogP contribution < -0.4 is 4.90 Å². The average molecular weight is 458 g/mol.